The molecular formula is C13H11ClO4. The van der Waals surface area contributed by atoms with Crippen LogP contribution in [0.15, 0.2) is 41.5 Å². The molecule has 0 heterocycles. The van der Waals surface area contributed by atoms with Crippen molar-refractivity contribution in [3.05, 3.63) is 52.1 Å². The number of carbonyl (C=O) groups is 2. The third-order valence-electron chi connectivity index (χ3n) is 2.12. The van der Waals surface area contributed by atoms with Crippen LogP contribution in [0.1, 0.15) is 12.5 Å². The minimum Gasteiger partial charge on any atom is -0.477 e. The van der Waals surface area contributed by atoms with Crippen LogP contribution in [0.3, 0.4) is 0 Å². The van der Waals surface area contributed by atoms with Crippen molar-refractivity contribution in [3.63, 3.8) is 0 Å². The fraction of sp³-hybridized carbons (Fsp3) is 0.0769. The Balaban J connectivity index is 3.11. The van der Waals surface area contributed by atoms with E-state index < -0.39 is 17.5 Å². The molecule has 4 nitrogen and oxygen atoms in total. The Bertz CT molecular complexity index is 528. The van der Waals surface area contributed by atoms with E-state index >= 15 is 0 Å². The number of benzene rings is 1. The van der Waals surface area contributed by atoms with Crippen molar-refractivity contribution in [1.82, 2.24) is 0 Å². The molecule has 1 rings (SSSR count). The van der Waals surface area contributed by atoms with Gasteiger partial charge in [-0.2, -0.15) is 0 Å². The zero-order valence-corrected chi connectivity index (χ0v) is 10.3. The van der Waals surface area contributed by atoms with Crippen LogP contribution < -0.4 is 0 Å². The molecule has 0 fully saturated rings. The molecule has 0 aliphatic heterocycles. The minimum atomic E-state index is -1.48. The molecule has 94 valence electrons. The highest BCUT2D eigenvalue weighted by Gasteiger charge is 2.15. The van der Waals surface area contributed by atoms with Gasteiger partial charge in [0.15, 0.2) is 0 Å². The van der Waals surface area contributed by atoms with Gasteiger partial charge in [0.05, 0.1) is 0 Å². The summed E-state index contributed by atoms with van der Waals surface area (Å²) in [5.41, 5.74) is 0.502. The van der Waals surface area contributed by atoms with E-state index in [2.05, 4.69) is 0 Å². The summed E-state index contributed by atoms with van der Waals surface area (Å²) in [7, 11) is 0. The SMILES string of the molecule is C/C(C=C(C(=O)O)C(=O)O)=C\c1ccccc1Cl. The molecule has 0 aromatic heterocycles. The Morgan fingerprint density at radius 1 is 1.17 bits per heavy atom. The van der Waals surface area contributed by atoms with Crippen molar-refractivity contribution >= 4 is 29.6 Å². The van der Waals surface area contributed by atoms with Crippen molar-refractivity contribution in [2.24, 2.45) is 0 Å². The maximum Gasteiger partial charge on any atom is 0.343 e. The van der Waals surface area contributed by atoms with E-state index in [0.717, 1.165) is 6.08 Å². The maximum atomic E-state index is 10.7. The molecule has 0 atom stereocenters. The lowest BCUT2D eigenvalue weighted by molar-refractivity contribution is -0.140. The van der Waals surface area contributed by atoms with Gasteiger partial charge in [0.2, 0.25) is 0 Å². The van der Waals surface area contributed by atoms with Crippen LogP contribution in [0.5, 0.6) is 0 Å². The average molecular weight is 267 g/mol. The zero-order valence-electron chi connectivity index (χ0n) is 9.55. The van der Waals surface area contributed by atoms with Gasteiger partial charge in [-0.15, -0.1) is 0 Å². The van der Waals surface area contributed by atoms with Gasteiger partial charge in [0, 0.05) is 5.02 Å². The Morgan fingerprint density at radius 2 is 1.72 bits per heavy atom. The molecule has 0 saturated heterocycles. The number of hydrogen-bond donors (Lipinski definition) is 2. The highest BCUT2D eigenvalue weighted by Crippen LogP contribution is 2.18. The first-order valence-corrected chi connectivity index (χ1v) is 5.40. The lowest BCUT2D eigenvalue weighted by Gasteiger charge is -2.00. The highest BCUT2D eigenvalue weighted by atomic mass is 35.5. The van der Waals surface area contributed by atoms with E-state index in [1.807, 2.05) is 0 Å². The predicted octanol–water partition coefficient (Wildman–Crippen LogP) is 2.84. The Morgan fingerprint density at radius 3 is 2.22 bits per heavy atom. The minimum absolute atomic E-state index is 0.489. The summed E-state index contributed by atoms with van der Waals surface area (Å²) < 4.78 is 0. The molecule has 0 saturated carbocycles. The molecule has 0 radical (unpaired) electrons. The number of hydrogen-bond acceptors (Lipinski definition) is 2. The fourth-order valence-electron chi connectivity index (χ4n) is 1.32. The summed E-state index contributed by atoms with van der Waals surface area (Å²) >= 11 is 5.93. The van der Waals surface area contributed by atoms with Gasteiger partial charge in [-0.25, -0.2) is 9.59 Å². The van der Waals surface area contributed by atoms with E-state index in [4.69, 9.17) is 21.8 Å². The molecule has 0 unspecified atom stereocenters. The van der Waals surface area contributed by atoms with Crippen LogP contribution in [0.4, 0.5) is 0 Å². The lowest BCUT2D eigenvalue weighted by atomic mass is 10.1. The molecule has 0 spiro atoms. The first-order valence-electron chi connectivity index (χ1n) is 5.03. The fourth-order valence-corrected chi connectivity index (χ4v) is 1.51. The summed E-state index contributed by atoms with van der Waals surface area (Å²) in [5.74, 6) is -2.95. The lowest BCUT2D eigenvalue weighted by Crippen LogP contribution is -2.11. The van der Waals surface area contributed by atoms with Crippen LogP contribution in [0.25, 0.3) is 6.08 Å². The van der Waals surface area contributed by atoms with Crippen molar-refractivity contribution in [1.29, 1.82) is 0 Å². The number of halogens is 1. The summed E-state index contributed by atoms with van der Waals surface area (Å²) in [6.45, 7) is 1.61. The second-order valence-corrected chi connectivity index (χ2v) is 3.99. The largest absolute Gasteiger partial charge is 0.477 e. The topological polar surface area (TPSA) is 74.6 Å². The Kier molecular flexibility index (Phi) is 4.68. The van der Waals surface area contributed by atoms with Gasteiger partial charge < -0.3 is 10.2 Å². The second kappa shape index (κ2) is 6.02. The van der Waals surface area contributed by atoms with Gasteiger partial charge in [-0.3, -0.25) is 0 Å². The van der Waals surface area contributed by atoms with Crippen LogP contribution in [0, 0.1) is 0 Å². The first kappa shape index (κ1) is 14.0. The number of aliphatic carboxylic acids is 2. The van der Waals surface area contributed by atoms with Crippen molar-refractivity contribution in [2.45, 2.75) is 6.92 Å². The third-order valence-corrected chi connectivity index (χ3v) is 2.47. The summed E-state index contributed by atoms with van der Waals surface area (Å²) in [6.07, 6.45) is 2.71. The van der Waals surface area contributed by atoms with Gasteiger partial charge in [0.1, 0.15) is 5.57 Å². The molecule has 18 heavy (non-hydrogen) atoms. The molecule has 1 aromatic rings. The Labute approximate surface area is 109 Å². The summed E-state index contributed by atoms with van der Waals surface area (Å²) in [6, 6.07) is 7.00. The molecule has 5 heteroatoms. The molecule has 0 aliphatic rings. The van der Waals surface area contributed by atoms with Gasteiger partial charge in [-0.1, -0.05) is 35.9 Å². The van der Waals surface area contributed by atoms with E-state index in [-0.39, 0.29) is 0 Å². The van der Waals surface area contributed by atoms with E-state index in [9.17, 15) is 9.59 Å². The van der Waals surface area contributed by atoms with Crippen LogP contribution >= 0.6 is 11.6 Å². The van der Waals surface area contributed by atoms with Gasteiger partial charge in [0.25, 0.3) is 0 Å². The Hall–Kier alpha value is -2.07. The van der Waals surface area contributed by atoms with Gasteiger partial charge in [-0.05, 0) is 30.2 Å². The number of carboxylic acid groups (broad SMARTS) is 2. The second-order valence-electron chi connectivity index (χ2n) is 3.58. The monoisotopic (exact) mass is 266 g/mol. The van der Waals surface area contributed by atoms with Crippen LogP contribution in [-0.2, 0) is 9.59 Å². The molecular weight excluding hydrogens is 256 g/mol. The standard InChI is InChI=1S/C13H11ClO4/c1-8(7-10(12(15)16)13(17)18)6-9-4-2-3-5-11(9)14/h2-7H,1H3,(H,15,16)(H,17,18)/b8-6+. The average Bonchev–Trinajstić information content (AvgIpc) is 2.28. The quantitative estimate of drug-likeness (QED) is 0.380. The van der Waals surface area contributed by atoms with E-state index in [1.165, 1.54) is 0 Å². The molecule has 0 amide bonds. The van der Waals surface area contributed by atoms with Crippen molar-refractivity contribution in [3.8, 4) is 0 Å². The van der Waals surface area contributed by atoms with Crippen molar-refractivity contribution in [2.75, 3.05) is 0 Å². The van der Waals surface area contributed by atoms with Gasteiger partial charge >= 0.3 is 11.9 Å². The first-order chi connectivity index (χ1) is 8.41. The third kappa shape index (κ3) is 3.75. The maximum absolute atomic E-state index is 10.7. The number of allylic oxidation sites excluding steroid dienone is 2. The molecule has 0 bridgehead atoms. The van der Waals surface area contributed by atoms with Crippen molar-refractivity contribution < 1.29 is 19.8 Å². The molecule has 0 aliphatic carbocycles. The predicted molar refractivity (Wildman–Crippen MR) is 68.5 cm³/mol. The molecule has 1 aromatic carbocycles. The molecule has 2 N–H and O–H groups in total. The summed E-state index contributed by atoms with van der Waals surface area (Å²) in [4.78, 5) is 21.4. The zero-order chi connectivity index (χ0) is 13.7. The summed E-state index contributed by atoms with van der Waals surface area (Å²) in [5, 5.41) is 17.9. The van der Waals surface area contributed by atoms with E-state index in [0.29, 0.717) is 16.2 Å². The number of rotatable bonds is 4. The van der Waals surface area contributed by atoms with Crippen LogP contribution in [0.2, 0.25) is 5.02 Å². The van der Waals surface area contributed by atoms with E-state index in [1.54, 1.807) is 37.3 Å². The normalized spacial score (nSPS) is 10.9. The highest BCUT2D eigenvalue weighted by molar-refractivity contribution is 6.32. The number of carboxylic acids is 2. The smallest absolute Gasteiger partial charge is 0.343 e. The van der Waals surface area contributed by atoms with Crippen LogP contribution in [-0.4, -0.2) is 22.2 Å².